The molecule has 0 radical (unpaired) electrons. The predicted octanol–water partition coefficient (Wildman–Crippen LogP) is 4.27. The number of rotatable bonds is 10. The lowest BCUT2D eigenvalue weighted by atomic mass is 10.1. The Bertz CT molecular complexity index is 949. The second-order valence-electron chi connectivity index (χ2n) is 7.55. The van der Waals surface area contributed by atoms with Gasteiger partial charge in [-0.25, -0.2) is 4.98 Å². The fourth-order valence-electron chi connectivity index (χ4n) is 3.21. The van der Waals surface area contributed by atoms with Gasteiger partial charge in [-0.3, -0.25) is 4.79 Å². The Hall–Kier alpha value is -3.12. The first-order valence-corrected chi connectivity index (χ1v) is 10.1. The quantitative estimate of drug-likeness (QED) is 0.521. The second-order valence-corrected chi connectivity index (χ2v) is 7.55. The van der Waals surface area contributed by atoms with Crippen LogP contribution in [0.15, 0.2) is 59.0 Å². The van der Waals surface area contributed by atoms with Crippen LogP contribution in [0, 0.1) is 6.92 Å². The first-order valence-electron chi connectivity index (χ1n) is 10.1. The van der Waals surface area contributed by atoms with E-state index in [2.05, 4.69) is 10.3 Å². The number of benzene rings is 2. The first-order chi connectivity index (χ1) is 14.4. The van der Waals surface area contributed by atoms with Crippen molar-refractivity contribution in [3.05, 3.63) is 71.6 Å². The molecule has 2 N–H and O–H groups in total. The molecule has 0 spiro atoms. The molecule has 0 saturated heterocycles. The number of nitrogens with zero attached hydrogens (tertiary/aromatic N) is 1. The van der Waals surface area contributed by atoms with Gasteiger partial charge in [0.2, 0.25) is 5.89 Å². The van der Waals surface area contributed by atoms with Crippen molar-refractivity contribution in [2.45, 2.75) is 45.7 Å². The van der Waals surface area contributed by atoms with Crippen LogP contribution in [0.25, 0.3) is 11.5 Å². The summed E-state index contributed by atoms with van der Waals surface area (Å²) in [5, 5.41) is 12.4. The Morgan fingerprint density at radius 2 is 1.83 bits per heavy atom. The Morgan fingerprint density at radius 3 is 2.47 bits per heavy atom. The van der Waals surface area contributed by atoms with Crippen LogP contribution in [0.3, 0.4) is 0 Å². The number of aliphatic carboxylic acids is 1. The number of carboxylic acids is 1. The number of nitrogens with one attached hydrogen (secondary N) is 1. The largest absolute Gasteiger partial charge is 0.493 e. The van der Waals surface area contributed by atoms with Gasteiger partial charge in [-0.05, 0) is 43.2 Å². The zero-order valence-electron chi connectivity index (χ0n) is 17.6. The topological polar surface area (TPSA) is 84.6 Å². The molecule has 1 atom stereocenters. The summed E-state index contributed by atoms with van der Waals surface area (Å²) in [6.45, 7) is 6.26. The summed E-state index contributed by atoms with van der Waals surface area (Å²) in [6, 6.07) is 16.9. The third-order valence-electron chi connectivity index (χ3n) is 4.72. The molecular formula is C24H28N2O4. The molecule has 6 heteroatoms. The van der Waals surface area contributed by atoms with Crippen molar-refractivity contribution in [1.29, 1.82) is 0 Å². The summed E-state index contributed by atoms with van der Waals surface area (Å²) >= 11 is 0. The lowest BCUT2D eigenvalue weighted by Gasteiger charge is -2.17. The summed E-state index contributed by atoms with van der Waals surface area (Å²) in [5.41, 5.74) is 2.78. The first kappa shape index (κ1) is 21.6. The number of hydrogen-bond donors (Lipinski definition) is 2. The second kappa shape index (κ2) is 10.1. The molecule has 1 aromatic heterocycles. The highest BCUT2D eigenvalue weighted by Gasteiger charge is 2.18. The minimum absolute atomic E-state index is 0.108. The van der Waals surface area contributed by atoms with Crippen LogP contribution in [0.1, 0.15) is 30.9 Å². The fourth-order valence-corrected chi connectivity index (χ4v) is 3.21. The molecule has 3 aromatic rings. The van der Waals surface area contributed by atoms with E-state index in [0.717, 1.165) is 28.3 Å². The zero-order chi connectivity index (χ0) is 21.5. The van der Waals surface area contributed by atoms with E-state index in [9.17, 15) is 9.90 Å². The number of ether oxygens (including phenoxy) is 1. The highest BCUT2D eigenvalue weighted by molar-refractivity contribution is 5.74. The van der Waals surface area contributed by atoms with Gasteiger partial charge in [0.25, 0.3) is 0 Å². The molecule has 0 bridgehead atoms. The van der Waals surface area contributed by atoms with E-state index >= 15 is 0 Å². The molecule has 2 aromatic carbocycles. The maximum Gasteiger partial charge on any atom is 0.321 e. The number of carbonyl (C=O) groups is 1. The molecule has 0 saturated carbocycles. The molecule has 30 heavy (non-hydrogen) atoms. The highest BCUT2D eigenvalue weighted by Crippen LogP contribution is 2.22. The van der Waals surface area contributed by atoms with Crippen LogP contribution in [0.2, 0.25) is 0 Å². The number of oxazole rings is 1. The molecule has 0 aliphatic carbocycles. The minimum atomic E-state index is -0.845. The van der Waals surface area contributed by atoms with Gasteiger partial charge in [0.15, 0.2) is 0 Å². The molecule has 0 fully saturated rings. The van der Waals surface area contributed by atoms with Crippen molar-refractivity contribution in [3.8, 4) is 17.2 Å². The Kier molecular flexibility index (Phi) is 7.25. The van der Waals surface area contributed by atoms with E-state index in [1.807, 2.05) is 75.4 Å². The van der Waals surface area contributed by atoms with E-state index in [4.69, 9.17) is 9.15 Å². The Morgan fingerprint density at radius 1 is 1.13 bits per heavy atom. The molecule has 0 aliphatic rings. The molecule has 0 aliphatic heterocycles. The molecule has 3 rings (SSSR count). The van der Waals surface area contributed by atoms with Crippen LogP contribution in [0.5, 0.6) is 5.75 Å². The van der Waals surface area contributed by atoms with Gasteiger partial charge in [-0.1, -0.05) is 44.2 Å². The number of aryl methyl sites for hydroxylation is 1. The average molecular weight is 408 g/mol. The Balaban J connectivity index is 1.53. The van der Waals surface area contributed by atoms with Crippen molar-refractivity contribution in [2.75, 3.05) is 6.61 Å². The fraction of sp³-hybridized carbons (Fsp3) is 0.333. The molecule has 0 unspecified atom stereocenters. The standard InChI is InChI=1S/C24H28N2O4/c1-16(2)25-22(24(27)28)15-18-9-11-20(12-10-18)29-14-13-21-17(3)30-23(26-21)19-7-5-4-6-8-19/h4-12,16,22,25H,13-15H2,1-3H3,(H,27,28)/t22-/m0/s1. The van der Waals surface area contributed by atoms with Crippen molar-refractivity contribution >= 4 is 5.97 Å². The zero-order valence-corrected chi connectivity index (χ0v) is 17.6. The van der Waals surface area contributed by atoms with E-state index < -0.39 is 12.0 Å². The van der Waals surface area contributed by atoms with Gasteiger partial charge < -0.3 is 19.6 Å². The summed E-state index contributed by atoms with van der Waals surface area (Å²) in [4.78, 5) is 16.0. The summed E-state index contributed by atoms with van der Waals surface area (Å²) in [5.74, 6) is 1.31. The third-order valence-corrected chi connectivity index (χ3v) is 4.72. The van der Waals surface area contributed by atoms with Crippen LogP contribution >= 0.6 is 0 Å². The van der Waals surface area contributed by atoms with Crippen LogP contribution < -0.4 is 10.1 Å². The number of hydrogen-bond acceptors (Lipinski definition) is 5. The van der Waals surface area contributed by atoms with Gasteiger partial charge in [0.05, 0.1) is 12.3 Å². The molecule has 1 heterocycles. The van der Waals surface area contributed by atoms with Gasteiger partial charge in [-0.15, -0.1) is 0 Å². The highest BCUT2D eigenvalue weighted by atomic mass is 16.5. The lowest BCUT2D eigenvalue weighted by Crippen LogP contribution is -2.42. The van der Waals surface area contributed by atoms with Crippen LogP contribution in [-0.4, -0.2) is 34.8 Å². The van der Waals surface area contributed by atoms with Gasteiger partial charge in [-0.2, -0.15) is 0 Å². The summed E-state index contributed by atoms with van der Waals surface area (Å²) < 4.78 is 11.6. The van der Waals surface area contributed by atoms with Gasteiger partial charge >= 0.3 is 5.97 Å². The lowest BCUT2D eigenvalue weighted by molar-refractivity contribution is -0.139. The number of aromatic nitrogens is 1. The monoisotopic (exact) mass is 408 g/mol. The molecule has 158 valence electrons. The summed E-state index contributed by atoms with van der Waals surface area (Å²) in [6.07, 6.45) is 1.07. The minimum Gasteiger partial charge on any atom is -0.493 e. The third kappa shape index (κ3) is 5.94. The maximum absolute atomic E-state index is 11.4. The van der Waals surface area contributed by atoms with Crippen molar-refractivity contribution in [2.24, 2.45) is 0 Å². The van der Waals surface area contributed by atoms with Crippen molar-refractivity contribution in [1.82, 2.24) is 10.3 Å². The molecule has 6 nitrogen and oxygen atoms in total. The van der Waals surface area contributed by atoms with Gasteiger partial charge in [0, 0.05) is 18.0 Å². The van der Waals surface area contributed by atoms with Crippen LogP contribution in [-0.2, 0) is 17.6 Å². The van der Waals surface area contributed by atoms with Crippen molar-refractivity contribution < 1.29 is 19.1 Å². The average Bonchev–Trinajstić information content (AvgIpc) is 3.10. The summed E-state index contributed by atoms with van der Waals surface area (Å²) in [7, 11) is 0. The van der Waals surface area contributed by atoms with E-state index in [1.54, 1.807) is 0 Å². The SMILES string of the molecule is Cc1oc(-c2ccccc2)nc1CCOc1ccc(C[C@H](NC(C)C)C(=O)O)cc1. The Labute approximate surface area is 176 Å². The van der Waals surface area contributed by atoms with Crippen molar-refractivity contribution in [3.63, 3.8) is 0 Å². The van der Waals surface area contributed by atoms with Gasteiger partial charge in [0.1, 0.15) is 17.6 Å². The van der Waals surface area contributed by atoms with Crippen LogP contribution in [0.4, 0.5) is 0 Å². The predicted molar refractivity (Wildman–Crippen MR) is 116 cm³/mol. The normalized spacial score (nSPS) is 12.1. The molecular weight excluding hydrogens is 380 g/mol. The van der Waals surface area contributed by atoms with E-state index in [0.29, 0.717) is 25.3 Å². The van der Waals surface area contributed by atoms with E-state index in [-0.39, 0.29) is 6.04 Å². The smallest absolute Gasteiger partial charge is 0.321 e. The molecule has 0 amide bonds. The number of carboxylic acid groups (broad SMARTS) is 1. The maximum atomic E-state index is 11.4. The van der Waals surface area contributed by atoms with E-state index in [1.165, 1.54) is 0 Å².